The summed E-state index contributed by atoms with van der Waals surface area (Å²) in [6.07, 6.45) is 0.0882. The van der Waals surface area contributed by atoms with Crippen molar-refractivity contribution in [2.75, 3.05) is 13.7 Å². The first-order chi connectivity index (χ1) is 11.6. The monoisotopic (exact) mass is 327 g/mol. The topological polar surface area (TPSA) is 64.6 Å². The molecule has 1 N–H and O–H groups in total. The number of methoxy groups -OCH3 is 1. The first-order valence-corrected chi connectivity index (χ1v) is 7.77. The maximum absolute atomic E-state index is 12.1. The molecule has 0 saturated carbocycles. The summed E-state index contributed by atoms with van der Waals surface area (Å²) in [5, 5.41) is 2.88. The van der Waals surface area contributed by atoms with Gasteiger partial charge in [0.15, 0.2) is 6.10 Å². The Bertz CT molecular complexity index is 668. The molecule has 1 atom stereocenters. The highest BCUT2D eigenvalue weighted by Gasteiger charge is 2.14. The summed E-state index contributed by atoms with van der Waals surface area (Å²) < 4.78 is 10.0. The number of benzene rings is 2. The minimum atomic E-state index is -0.694. The highest BCUT2D eigenvalue weighted by Crippen LogP contribution is 2.14. The van der Waals surface area contributed by atoms with Crippen molar-refractivity contribution in [3.05, 3.63) is 65.7 Å². The summed E-state index contributed by atoms with van der Waals surface area (Å²) in [7, 11) is 1.31. The Labute approximate surface area is 141 Å². The van der Waals surface area contributed by atoms with Gasteiger partial charge in [0.1, 0.15) is 5.75 Å². The third kappa shape index (κ3) is 5.12. The fraction of sp³-hybridized carbons (Fsp3) is 0.263. The number of nitrogens with one attached hydrogen (secondary N) is 1. The number of amides is 1. The molecule has 126 valence electrons. The van der Waals surface area contributed by atoms with Gasteiger partial charge in [0.05, 0.1) is 7.11 Å². The van der Waals surface area contributed by atoms with Crippen LogP contribution in [0.3, 0.4) is 0 Å². The normalized spacial score (nSPS) is 11.4. The van der Waals surface area contributed by atoms with Gasteiger partial charge in [-0.3, -0.25) is 4.79 Å². The molecule has 0 bridgehead atoms. The van der Waals surface area contributed by atoms with Crippen LogP contribution in [0.25, 0.3) is 0 Å². The molecule has 0 spiro atoms. The Hall–Kier alpha value is -2.82. The van der Waals surface area contributed by atoms with Crippen LogP contribution in [-0.4, -0.2) is 31.6 Å². The lowest BCUT2D eigenvalue weighted by atomic mass is 10.1. The summed E-state index contributed by atoms with van der Waals surface area (Å²) >= 11 is 0. The molecule has 2 aromatic rings. The zero-order valence-corrected chi connectivity index (χ0v) is 13.8. The third-order valence-corrected chi connectivity index (χ3v) is 3.50. The Morgan fingerprint density at radius 1 is 1.04 bits per heavy atom. The van der Waals surface area contributed by atoms with Crippen LogP contribution in [0.2, 0.25) is 0 Å². The maximum Gasteiger partial charge on any atom is 0.346 e. The number of ether oxygens (including phenoxy) is 2. The Balaban J connectivity index is 1.83. The van der Waals surface area contributed by atoms with Crippen LogP contribution in [-0.2, 0) is 16.0 Å². The van der Waals surface area contributed by atoms with Crippen molar-refractivity contribution >= 4 is 11.9 Å². The van der Waals surface area contributed by atoms with Gasteiger partial charge in [0, 0.05) is 12.1 Å². The molecule has 24 heavy (non-hydrogen) atoms. The predicted octanol–water partition coefficient (Wildman–Crippen LogP) is 2.60. The smallest absolute Gasteiger partial charge is 0.346 e. The quantitative estimate of drug-likeness (QED) is 0.794. The van der Waals surface area contributed by atoms with Gasteiger partial charge in [0.2, 0.25) is 0 Å². The molecule has 0 aliphatic rings. The van der Waals surface area contributed by atoms with Gasteiger partial charge < -0.3 is 14.8 Å². The van der Waals surface area contributed by atoms with Crippen molar-refractivity contribution < 1.29 is 19.1 Å². The summed E-state index contributed by atoms with van der Waals surface area (Å²) in [5.74, 6) is -0.0787. The molecule has 0 unspecified atom stereocenters. The van der Waals surface area contributed by atoms with E-state index >= 15 is 0 Å². The van der Waals surface area contributed by atoms with E-state index in [0.717, 1.165) is 6.42 Å². The summed E-state index contributed by atoms with van der Waals surface area (Å²) in [5.41, 5.74) is 1.72. The number of carbonyl (C=O) groups is 2. The SMILES string of the molecule is COC(=O)[C@H](C)Oc1ccc(C(=O)NCCc2ccccc2)cc1. The summed E-state index contributed by atoms with van der Waals surface area (Å²) in [6, 6.07) is 16.6. The van der Waals surface area contributed by atoms with Crippen LogP contribution in [0.15, 0.2) is 54.6 Å². The molecule has 0 saturated heterocycles. The Morgan fingerprint density at radius 3 is 2.33 bits per heavy atom. The van der Waals surface area contributed by atoms with Crippen molar-refractivity contribution in [2.45, 2.75) is 19.4 Å². The van der Waals surface area contributed by atoms with E-state index in [4.69, 9.17) is 4.74 Å². The number of hydrogen-bond acceptors (Lipinski definition) is 4. The van der Waals surface area contributed by atoms with Crippen LogP contribution in [0.5, 0.6) is 5.75 Å². The number of carbonyl (C=O) groups excluding carboxylic acids is 2. The van der Waals surface area contributed by atoms with E-state index in [1.165, 1.54) is 12.7 Å². The average molecular weight is 327 g/mol. The van der Waals surface area contributed by atoms with Crippen LogP contribution in [0.4, 0.5) is 0 Å². The van der Waals surface area contributed by atoms with Crippen LogP contribution >= 0.6 is 0 Å². The molecule has 0 radical (unpaired) electrons. The van der Waals surface area contributed by atoms with Gasteiger partial charge in [-0.25, -0.2) is 4.79 Å². The molecular weight excluding hydrogens is 306 g/mol. The van der Waals surface area contributed by atoms with Crippen LogP contribution in [0, 0.1) is 0 Å². The minimum absolute atomic E-state index is 0.140. The highest BCUT2D eigenvalue weighted by atomic mass is 16.6. The zero-order chi connectivity index (χ0) is 17.4. The molecule has 1 amide bonds. The molecular formula is C19H21NO4. The molecule has 0 fully saturated rings. The molecule has 0 heterocycles. The molecule has 2 rings (SSSR count). The fourth-order valence-corrected chi connectivity index (χ4v) is 2.17. The summed E-state index contributed by atoms with van der Waals surface area (Å²) in [4.78, 5) is 23.4. The molecule has 2 aromatic carbocycles. The van der Waals surface area contributed by atoms with E-state index in [1.807, 2.05) is 30.3 Å². The number of esters is 1. The first-order valence-electron chi connectivity index (χ1n) is 7.77. The minimum Gasteiger partial charge on any atom is -0.479 e. The molecule has 5 nitrogen and oxygen atoms in total. The zero-order valence-electron chi connectivity index (χ0n) is 13.8. The standard InChI is InChI=1S/C19H21NO4/c1-14(19(22)23-2)24-17-10-8-16(9-11-17)18(21)20-13-12-15-6-4-3-5-7-15/h3-11,14H,12-13H2,1-2H3,(H,20,21)/t14-/m0/s1. The van der Waals surface area contributed by atoms with Crippen molar-refractivity contribution in [3.8, 4) is 5.75 Å². The van der Waals surface area contributed by atoms with Crippen molar-refractivity contribution in [2.24, 2.45) is 0 Å². The van der Waals surface area contributed by atoms with Gasteiger partial charge in [-0.15, -0.1) is 0 Å². The molecule has 5 heteroatoms. The second-order valence-electron chi connectivity index (χ2n) is 5.30. The Kier molecular flexibility index (Phi) is 6.37. The molecule has 0 aliphatic heterocycles. The van der Waals surface area contributed by atoms with E-state index < -0.39 is 12.1 Å². The average Bonchev–Trinajstić information content (AvgIpc) is 2.62. The fourth-order valence-electron chi connectivity index (χ4n) is 2.17. The van der Waals surface area contributed by atoms with Gasteiger partial charge in [-0.2, -0.15) is 0 Å². The number of hydrogen-bond donors (Lipinski definition) is 1. The van der Waals surface area contributed by atoms with Gasteiger partial charge in [-0.1, -0.05) is 30.3 Å². The lowest BCUT2D eigenvalue weighted by Gasteiger charge is -2.12. The number of rotatable bonds is 7. The lowest BCUT2D eigenvalue weighted by Crippen LogP contribution is -2.26. The van der Waals surface area contributed by atoms with E-state index in [0.29, 0.717) is 17.9 Å². The predicted molar refractivity (Wildman–Crippen MR) is 91.0 cm³/mol. The van der Waals surface area contributed by atoms with Crippen molar-refractivity contribution in [3.63, 3.8) is 0 Å². The lowest BCUT2D eigenvalue weighted by molar-refractivity contribution is -0.147. The van der Waals surface area contributed by atoms with E-state index in [1.54, 1.807) is 31.2 Å². The third-order valence-electron chi connectivity index (χ3n) is 3.50. The second-order valence-corrected chi connectivity index (χ2v) is 5.30. The Morgan fingerprint density at radius 2 is 1.71 bits per heavy atom. The van der Waals surface area contributed by atoms with Gasteiger partial charge >= 0.3 is 5.97 Å². The second kappa shape index (κ2) is 8.72. The maximum atomic E-state index is 12.1. The first kappa shape index (κ1) is 17.5. The van der Waals surface area contributed by atoms with E-state index in [-0.39, 0.29) is 5.91 Å². The van der Waals surface area contributed by atoms with Gasteiger partial charge in [0.25, 0.3) is 5.91 Å². The van der Waals surface area contributed by atoms with Gasteiger partial charge in [-0.05, 0) is 43.2 Å². The molecule has 0 aromatic heterocycles. The van der Waals surface area contributed by atoms with E-state index in [2.05, 4.69) is 10.1 Å². The van der Waals surface area contributed by atoms with Crippen LogP contribution in [0.1, 0.15) is 22.8 Å². The van der Waals surface area contributed by atoms with Crippen molar-refractivity contribution in [1.82, 2.24) is 5.32 Å². The van der Waals surface area contributed by atoms with E-state index in [9.17, 15) is 9.59 Å². The highest BCUT2D eigenvalue weighted by molar-refractivity contribution is 5.94. The molecule has 0 aliphatic carbocycles. The van der Waals surface area contributed by atoms with Crippen molar-refractivity contribution in [1.29, 1.82) is 0 Å². The van der Waals surface area contributed by atoms with Crippen LogP contribution < -0.4 is 10.1 Å². The largest absolute Gasteiger partial charge is 0.479 e. The summed E-state index contributed by atoms with van der Waals surface area (Å²) in [6.45, 7) is 2.18.